The third-order valence-electron chi connectivity index (χ3n) is 5.25. The zero-order chi connectivity index (χ0) is 27.7. The molecule has 3 aromatic rings. The molecular weight excluding hydrogens is 638 g/mol. The topological polar surface area (TPSA) is 123 Å². The van der Waals surface area contributed by atoms with Crippen LogP contribution in [0.5, 0.6) is 5.75 Å². The number of anilines is 3. The number of nitrogens with one attached hydrogen (secondary N) is 2. The third-order valence-corrected chi connectivity index (χ3v) is 7.05. The fourth-order valence-electron chi connectivity index (χ4n) is 3.45. The Balaban J connectivity index is 1.89. The number of nitrogens with two attached hydrogens (primary N) is 1. The maximum Gasteiger partial charge on any atom is 0.412 e. The fraction of sp³-hybridized carbons (Fsp3) is 0.185. The highest BCUT2D eigenvalue weighted by Crippen LogP contribution is 2.39. The van der Waals surface area contributed by atoms with Gasteiger partial charge in [0.1, 0.15) is 11.9 Å². The van der Waals surface area contributed by atoms with Gasteiger partial charge >= 0.3 is 6.09 Å². The normalized spacial score (nSPS) is 12.6. The molecule has 0 aliphatic rings. The Morgan fingerprint density at radius 2 is 1.82 bits per heavy atom. The van der Waals surface area contributed by atoms with Crippen LogP contribution >= 0.6 is 43.6 Å². The molecule has 0 spiro atoms. The van der Waals surface area contributed by atoms with Crippen LogP contribution in [0, 0.1) is 0 Å². The van der Waals surface area contributed by atoms with Gasteiger partial charge in [-0.15, -0.1) is 11.8 Å². The Kier molecular flexibility index (Phi) is 11.1. The molecule has 200 valence electrons. The number of hydrogen-bond acceptors (Lipinski definition) is 7. The number of carbonyl (C=O) groups is 2. The van der Waals surface area contributed by atoms with Gasteiger partial charge in [-0.2, -0.15) is 0 Å². The summed E-state index contributed by atoms with van der Waals surface area (Å²) in [7, 11) is 0. The van der Waals surface area contributed by atoms with Crippen molar-refractivity contribution in [2.75, 3.05) is 29.2 Å². The molecule has 11 heteroatoms. The minimum absolute atomic E-state index is 0.130. The van der Waals surface area contributed by atoms with Crippen molar-refractivity contribution in [1.82, 2.24) is 0 Å². The van der Waals surface area contributed by atoms with Gasteiger partial charge in [-0.1, -0.05) is 28.1 Å². The Labute approximate surface area is 242 Å². The van der Waals surface area contributed by atoms with Crippen LogP contribution in [-0.2, 0) is 14.3 Å². The van der Waals surface area contributed by atoms with Crippen molar-refractivity contribution in [3.05, 3.63) is 87.3 Å². The number of carbonyl (C=O) groups excluding carboxylic acids is 2. The van der Waals surface area contributed by atoms with Crippen LogP contribution in [0.25, 0.3) is 0 Å². The molecule has 0 aromatic heterocycles. The lowest BCUT2D eigenvalue weighted by atomic mass is 10.0. The molecule has 0 aliphatic heterocycles. The average Bonchev–Trinajstić information content (AvgIpc) is 2.89. The highest BCUT2D eigenvalue weighted by Gasteiger charge is 2.30. The number of halogens is 2. The Morgan fingerprint density at radius 1 is 1.11 bits per heavy atom. The van der Waals surface area contributed by atoms with Gasteiger partial charge in [-0.25, -0.2) is 4.79 Å². The highest BCUT2D eigenvalue weighted by atomic mass is 79.9. The number of hydrogen-bond donors (Lipinski definition) is 4. The van der Waals surface area contributed by atoms with Crippen LogP contribution in [0.1, 0.15) is 18.6 Å². The maximum absolute atomic E-state index is 12.9. The van der Waals surface area contributed by atoms with Crippen LogP contribution in [0.4, 0.5) is 21.9 Å². The minimum atomic E-state index is -1.11. The minimum Gasteiger partial charge on any atom is -0.506 e. The van der Waals surface area contributed by atoms with Gasteiger partial charge < -0.3 is 25.6 Å². The fourth-order valence-corrected chi connectivity index (χ4v) is 5.12. The highest BCUT2D eigenvalue weighted by molar-refractivity contribution is 9.11. The van der Waals surface area contributed by atoms with Gasteiger partial charge in [0.05, 0.1) is 15.8 Å². The van der Waals surface area contributed by atoms with Crippen molar-refractivity contribution in [1.29, 1.82) is 0 Å². The molecule has 3 aromatic carbocycles. The number of rotatable bonds is 10. The molecule has 0 fully saturated rings. The first-order valence-corrected chi connectivity index (χ1v) is 14.3. The van der Waals surface area contributed by atoms with Crippen LogP contribution in [-0.4, -0.2) is 36.1 Å². The molecule has 0 saturated heterocycles. The van der Waals surface area contributed by atoms with Crippen molar-refractivity contribution >= 4 is 72.7 Å². The first-order valence-electron chi connectivity index (χ1n) is 11.5. The van der Waals surface area contributed by atoms with Crippen molar-refractivity contribution in [2.24, 2.45) is 0 Å². The predicted octanol–water partition coefficient (Wildman–Crippen LogP) is 7.11. The van der Waals surface area contributed by atoms with Crippen LogP contribution in [0.15, 0.2) is 86.7 Å². The van der Waals surface area contributed by atoms with E-state index in [2.05, 4.69) is 42.5 Å². The lowest BCUT2D eigenvalue weighted by Crippen LogP contribution is -2.28. The number of amides is 2. The molecule has 0 saturated carbocycles. The van der Waals surface area contributed by atoms with E-state index in [1.807, 2.05) is 18.4 Å². The number of phenols is 1. The quantitative estimate of drug-likeness (QED) is 0.103. The van der Waals surface area contributed by atoms with Gasteiger partial charge in [0.2, 0.25) is 5.91 Å². The molecule has 8 nitrogen and oxygen atoms in total. The molecule has 2 atom stereocenters. The van der Waals surface area contributed by atoms with Crippen molar-refractivity contribution in [2.45, 2.75) is 24.0 Å². The monoisotopic (exact) mass is 663 g/mol. The average molecular weight is 665 g/mol. The summed E-state index contributed by atoms with van der Waals surface area (Å²) in [6.07, 6.45) is 1.90. The molecule has 0 aliphatic carbocycles. The summed E-state index contributed by atoms with van der Waals surface area (Å²) in [5.41, 5.74) is 7.60. The van der Waals surface area contributed by atoms with Crippen LogP contribution in [0.2, 0.25) is 0 Å². The van der Waals surface area contributed by atoms with E-state index < -0.39 is 24.2 Å². The maximum atomic E-state index is 12.9. The second-order valence-corrected chi connectivity index (χ2v) is 10.5. The second kappa shape index (κ2) is 14.2. The zero-order valence-electron chi connectivity index (χ0n) is 20.6. The van der Waals surface area contributed by atoms with E-state index >= 15 is 0 Å². The third kappa shape index (κ3) is 8.26. The number of para-hydroxylation sites is 2. The summed E-state index contributed by atoms with van der Waals surface area (Å²) >= 11 is 8.31. The summed E-state index contributed by atoms with van der Waals surface area (Å²) in [6, 6.07) is 17.4. The first-order chi connectivity index (χ1) is 18.2. The zero-order valence-corrected chi connectivity index (χ0v) is 24.6. The van der Waals surface area contributed by atoms with E-state index in [9.17, 15) is 14.7 Å². The summed E-state index contributed by atoms with van der Waals surface area (Å²) < 4.78 is 12.7. The van der Waals surface area contributed by atoms with Crippen LogP contribution in [0.3, 0.4) is 0 Å². The molecule has 0 bridgehead atoms. The number of phenolic OH excluding ortho intramolecular Hbond substituents is 1. The van der Waals surface area contributed by atoms with E-state index in [0.717, 1.165) is 4.90 Å². The number of ether oxygens (including phenoxy) is 2. The molecule has 0 radical (unpaired) electrons. The summed E-state index contributed by atoms with van der Waals surface area (Å²) in [5, 5.41) is 16.2. The summed E-state index contributed by atoms with van der Waals surface area (Å²) in [5.74, 6) is -0.584. The number of nitrogen functional groups attached to an aromatic ring is 1. The van der Waals surface area contributed by atoms with E-state index in [1.54, 1.807) is 67.2 Å². The number of benzene rings is 3. The Morgan fingerprint density at radius 3 is 2.47 bits per heavy atom. The predicted molar refractivity (Wildman–Crippen MR) is 159 cm³/mol. The van der Waals surface area contributed by atoms with Gasteiger partial charge in [0.25, 0.3) is 0 Å². The molecule has 38 heavy (non-hydrogen) atoms. The largest absolute Gasteiger partial charge is 0.506 e. The SMILES string of the molecule is CCO[C@H](/C=C/C(=O)Nc1ccccc1N)[C@H](OC(=O)Nc1ccc(SC)cc1)c1cc(Br)cc(Br)c1O. The molecule has 0 heterocycles. The van der Waals surface area contributed by atoms with E-state index in [4.69, 9.17) is 15.2 Å². The standard InChI is InChI=1S/C27H27Br2N3O5S/c1-3-36-23(12-13-24(33)32-22-7-5-4-6-21(22)30)26(19-14-16(28)15-20(29)25(19)34)37-27(35)31-17-8-10-18(38-2)11-9-17/h4-15,23,26,34H,3,30H2,1-2H3,(H,31,35)(H,32,33)/b13-12+/t23-,26-/m1/s1. The van der Waals surface area contributed by atoms with E-state index in [-0.39, 0.29) is 17.9 Å². The smallest absolute Gasteiger partial charge is 0.412 e. The molecule has 5 N–H and O–H groups in total. The molecule has 0 unspecified atom stereocenters. The van der Waals surface area contributed by atoms with Crippen LogP contribution < -0.4 is 16.4 Å². The Hall–Kier alpha value is -2.99. The Bertz CT molecular complexity index is 1300. The summed E-state index contributed by atoms with van der Waals surface area (Å²) in [6.45, 7) is 2.02. The van der Waals surface area contributed by atoms with Crippen molar-refractivity contribution in [3.63, 3.8) is 0 Å². The first kappa shape index (κ1) is 29.6. The lowest BCUT2D eigenvalue weighted by molar-refractivity contribution is -0.112. The van der Waals surface area contributed by atoms with Crippen molar-refractivity contribution < 1.29 is 24.2 Å². The molecule has 3 rings (SSSR count). The molecular formula is C27H27Br2N3O5S. The van der Waals surface area contributed by atoms with E-state index in [0.29, 0.717) is 26.0 Å². The second-order valence-electron chi connectivity index (χ2n) is 7.86. The molecule has 2 amide bonds. The number of aromatic hydroxyl groups is 1. The van der Waals surface area contributed by atoms with Gasteiger partial charge in [0.15, 0.2) is 6.10 Å². The van der Waals surface area contributed by atoms with Gasteiger partial charge in [-0.05, 0) is 83.7 Å². The van der Waals surface area contributed by atoms with Gasteiger partial charge in [-0.3, -0.25) is 10.1 Å². The van der Waals surface area contributed by atoms with Gasteiger partial charge in [0, 0.05) is 33.3 Å². The number of thioether (sulfide) groups is 1. The summed E-state index contributed by atoms with van der Waals surface area (Å²) in [4.78, 5) is 26.6. The van der Waals surface area contributed by atoms with E-state index in [1.165, 1.54) is 12.2 Å². The van der Waals surface area contributed by atoms with Crippen molar-refractivity contribution in [3.8, 4) is 5.75 Å². The lowest BCUT2D eigenvalue weighted by Gasteiger charge is -2.26.